The molecule has 1 saturated heterocycles. The third-order valence-electron chi connectivity index (χ3n) is 3.56. The smallest absolute Gasteiger partial charge is 0.0502 e. The zero-order valence-corrected chi connectivity index (χ0v) is 9.58. The fourth-order valence-corrected chi connectivity index (χ4v) is 2.62. The second kappa shape index (κ2) is 3.99. The van der Waals surface area contributed by atoms with Crippen LogP contribution < -0.4 is 0 Å². The van der Waals surface area contributed by atoms with Crippen LogP contribution in [0.5, 0.6) is 0 Å². The average Bonchev–Trinajstić information content (AvgIpc) is 2.37. The molecule has 1 fully saturated rings. The van der Waals surface area contributed by atoms with E-state index in [1.54, 1.807) is 0 Å². The van der Waals surface area contributed by atoms with Gasteiger partial charge in [-0.3, -0.25) is 0 Å². The second-order valence-electron chi connectivity index (χ2n) is 4.64. The van der Waals surface area contributed by atoms with Crippen LogP contribution in [0.25, 0.3) is 0 Å². The molecule has 0 aliphatic carbocycles. The van der Waals surface area contributed by atoms with Gasteiger partial charge in [0, 0.05) is 13.1 Å². The Labute approximate surface area is 101 Å². The van der Waals surface area contributed by atoms with Crippen molar-refractivity contribution >= 4 is 0 Å². The van der Waals surface area contributed by atoms with Gasteiger partial charge in [0.2, 0.25) is 0 Å². The van der Waals surface area contributed by atoms with E-state index in [0.717, 1.165) is 0 Å². The molecule has 1 N–H and O–H groups in total. The van der Waals surface area contributed by atoms with E-state index in [9.17, 15) is 5.21 Å². The van der Waals surface area contributed by atoms with Crippen LogP contribution in [0.1, 0.15) is 11.1 Å². The highest BCUT2D eigenvalue weighted by molar-refractivity contribution is 5.42. The Balaban J connectivity index is 2.07. The molecule has 0 radical (unpaired) electrons. The molecular weight excluding hydrogens is 210 g/mol. The minimum absolute atomic E-state index is 0.0444. The van der Waals surface area contributed by atoms with E-state index in [1.807, 2.05) is 12.1 Å². The van der Waals surface area contributed by atoms with Crippen molar-refractivity contribution in [3.05, 3.63) is 71.8 Å². The predicted octanol–water partition coefficient (Wildman–Crippen LogP) is 2.68. The lowest BCUT2D eigenvalue weighted by molar-refractivity contribution is -0.170. The highest BCUT2D eigenvalue weighted by Crippen LogP contribution is 2.39. The fraction of sp³-hybridized carbons (Fsp3) is 0.200. The summed E-state index contributed by atoms with van der Waals surface area (Å²) in [6.07, 6.45) is 0. The third kappa shape index (κ3) is 1.66. The number of hydrogen-bond acceptors (Lipinski definition) is 2. The molecule has 2 heteroatoms. The van der Waals surface area contributed by atoms with Gasteiger partial charge in [-0.1, -0.05) is 60.7 Å². The standard InChI is InChI=1S/C15H15NO/c17-16-11-15(12-16,13-7-3-1-4-8-13)14-9-5-2-6-10-14/h1-10,17H,11-12H2. The van der Waals surface area contributed by atoms with Crippen molar-refractivity contribution in [3.63, 3.8) is 0 Å². The number of hydrogen-bond donors (Lipinski definition) is 1. The number of rotatable bonds is 2. The molecule has 86 valence electrons. The van der Waals surface area contributed by atoms with E-state index >= 15 is 0 Å². The Morgan fingerprint density at radius 3 is 1.53 bits per heavy atom. The maximum Gasteiger partial charge on any atom is 0.0502 e. The number of hydroxylamine groups is 2. The Kier molecular flexibility index (Phi) is 2.46. The lowest BCUT2D eigenvalue weighted by Gasteiger charge is -2.47. The average molecular weight is 225 g/mol. The van der Waals surface area contributed by atoms with E-state index in [-0.39, 0.29) is 5.41 Å². The highest BCUT2D eigenvalue weighted by Gasteiger charge is 2.45. The summed E-state index contributed by atoms with van der Waals surface area (Å²) in [5, 5.41) is 10.9. The SMILES string of the molecule is ON1CC(c2ccccc2)(c2ccccc2)C1. The molecule has 0 amide bonds. The normalized spacial score (nSPS) is 18.6. The van der Waals surface area contributed by atoms with Gasteiger partial charge >= 0.3 is 0 Å². The van der Waals surface area contributed by atoms with Crippen molar-refractivity contribution < 1.29 is 5.21 Å². The maximum atomic E-state index is 9.54. The summed E-state index contributed by atoms with van der Waals surface area (Å²) in [6, 6.07) is 20.8. The van der Waals surface area contributed by atoms with E-state index in [2.05, 4.69) is 48.5 Å². The van der Waals surface area contributed by atoms with Crippen molar-refractivity contribution in [1.82, 2.24) is 5.06 Å². The zero-order valence-electron chi connectivity index (χ0n) is 9.58. The molecule has 0 saturated carbocycles. The monoisotopic (exact) mass is 225 g/mol. The first kappa shape index (κ1) is 10.5. The van der Waals surface area contributed by atoms with Crippen LogP contribution in [0.2, 0.25) is 0 Å². The van der Waals surface area contributed by atoms with E-state index < -0.39 is 0 Å². The molecule has 3 rings (SSSR count). The summed E-state index contributed by atoms with van der Waals surface area (Å²) in [4.78, 5) is 0. The summed E-state index contributed by atoms with van der Waals surface area (Å²) in [6.45, 7) is 1.34. The molecule has 0 unspecified atom stereocenters. The molecular formula is C15H15NO. The lowest BCUT2D eigenvalue weighted by Crippen LogP contribution is -2.58. The summed E-state index contributed by atoms with van der Waals surface area (Å²) in [7, 11) is 0. The van der Waals surface area contributed by atoms with Crippen molar-refractivity contribution in [2.45, 2.75) is 5.41 Å². The summed E-state index contributed by atoms with van der Waals surface area (Å²) >= 11 is 0. The first-order valence-corrected chi connectivity index (χ1v) is 5.86. The highest BCUT2D eigenvalue weighted by atomic mass is 16.5. The molecule has 0 spiro atoms. The molecule has 2 aromatic rings. The Morgan fingerprint density at radius 1 is 0.765 bits per heavy atom. The number of nitrogens with zero attached hydrogens (tertiary/aromatic N) is 1. The van der Waals surface area contributed by atoms with E-state index in [0.29, 0.717) is 13.1 Å². The van der Waals surface area contributed by atoms with Crippen LogP contribution in [0.4, 0.5) is 0 Å². The van der Waals surface area contributed by atoms with Gasteiger partial charge in [0.25, 0.3) is 0 Å². The minimum atomic E-state index is -0.0444. The molecule has 0 aromatic heterocycles. The van der Waals surface area contributed by atoms with E-state index in [4.69, 9.17) is 0 Å². The van der Waals surface area contributed by atoms with Crippen LogP contribution in [-0.4, -0.2) is 23.4 Å². The number of benzene rings is 2. The zero-order chi connectivity index (χ0) is 11.7. The summed E-state index contributed by atoms with van der Waals surface area (Å²) < 4.78 is 0. The van der Waals surface area contributed by atoms with Gasteiger partial charge in [-0.2, -0.15) is 5.06 Å². The topological polar surface area (TPSA) is 23.5 Å². The summed E-state index contributed by atoms with van der Waals surface area (Å²) in [5.41, 5.74) is 2.50. The Bertz CT molecular complexity index is 447. The van der Waals surface area contributed by atoms with Crippen molar-refractivity contribution in [1.29, 1.82) is 0 Å². The van der Waals surface area contributed by atoms with Gasteiger partial charge in [-0.25, -0.2) is 0 Å². The Hall–Kier alpha value is -1.64. The largest absolute Gasteiger partial charge is 0.314 e. The van der Waals surface area contributed by atoms with Crippen LogP contribution in [0, 0.1) is 0 Å². The second-order valence-corrected chi connectivity index (χ2v) is 4.64. The fourth-order valence-electron chi connectivity index (χ4n) is 2.62. The lowest BCUT2D eigenvalue weighted by atomic mass is 9.70. The van der Waals surface area contributed by atoms with Gasteiger partial charge in [0.15, 0.2) is 0 Å². The van der Waals surface area contributed by atoms with Gasteiger partial charge in [0.05, 0.1) is 5.41 Å². The first-order chi connectivity index (χ1) is 8.31. The first-order valence-electron chi connectivity index (χ1n) is 5.86. The molecule has 0 bridgehead atoms. The van der Waals surface area contributed by atoms with Crippen LogP contribution in [0.15, 0.2) is 60.7 Å². The van der Waals surface area contributed by atoms with Gasteiger partial charge in [-0.05, 0) is 11.1 Å². The van der Waals surface area contributed by atoms with Crippen LogP contribution in [0.3, 0.4) is 0 Å². The summed E-state index contributed by atoms with van der Waals surface area (Å²) in [5.74, 6) is 0. The van der Waals surface area contributed by atoms with Gasteiger partial charge in [0.1, 0.15) is 0 Å². The molecule has 2 nitrogen and oxygen atoms in total. The maximum absolute atomic E-state index is 9.54. The third-order valence-corrected chi connectivity index (χ3v) is 3.56. The molecule has 1 aliphatic heterocycles. The molecule has 17 heavy (non-hydrogen) atoms. The quantitative estimate of drug-likeness (QED) is 0.849. The van der Waals surface area contributed by atoms with Gasteiger partial charge in [-0.15, -0.1) is 0 Å². The molecule has 1 aliphatic rings. The minimum Gasteiger partial charge on any atom is -0.314 e. The Morgan fingerprint density at radius 2 is 1.18 bits per heavy atom. The van der Waals surface area contributed by atoms with Crippen molar-refractivity contribution in [2.24, 2.45) is 0 Å². The predicted molar refractivity (Wildman–Crippen MR) is 67.0 cm³/mol. The molecule has 2 aromatic carbocycles. The molecule has 0 atom stereocenters. The van der Waals surface area contributed by atoms with E-state index in [1.165, 1.54) is 16.2 Å². The van der Waals surface area contributed by atoms with Gasteiger partial charge < -0.3 is 5.21 Å². The van der Waals surface area contributed by atoms with Crippen LogP contribution >= 0.6 is 0 Å². The van der Waals surface area contributed by atoms with Crippen LogP contribution in [-0.2, 0) is 5.41 Å². The van der Waals surface area contributed by atoms with Crippen molar-refractivity contribution in [2.75, 3.05) is 13.1 Å². The van der Waals surface area contributed by atoms with Crippen molar-refractivity contribution in [3.8, 4) is 0 Å². The molecule has 1 heterocycles.